The number of likely N-dealkylation sites (N-methyl/N-ethyl adjacent to an activating group) is 1. The van der Waals surface area contributed by atoms with Gasteiger partial charge in [-0.25, -0.2) is 9.59 Å². The van der Waals surface area contributed by atoms with E-state index in [1.54, 1.807) is 11.9 Å². The van der Waals surface area contributed by atoms with Crippen LogP contribution in [-0.2, 0) is 19.9 Å². The number of amides is 3. The Kier molecular flexibility index (Phi) is 8.87. The fraction of sp³-hybridized carbons (Fsp3) is 0.400. The zero-order valence-corrected chi connectivity index (χ0v) is 25.7. The van der Waals surface area contributed by atoms with Gasteiger partial charge in [-0.3, -0.25) is 9.69 Å². The van der Waals surface area contributed by atoms with Gasteiger partial charge in [-0.1, -0.05) is 105 Å². The molecule has 2 heterocycles. The van der Waals surface area contributed by atoms with Gasteiger partial charge in [-0.05, 0) is 29.5 Å². The number of carbonyl (C=O) groups excluding carboxylic acids is 3. The van der Waals surface area contributed by atoms with Crippen LogP contribution in [0.2, 0.25) is 0 Å². The van der Waals surface area contributed by atoms with E-state index in [-0.39, 0.29) is 29.9 Å². The Morgan fingerprint density at radius 2 is 1.30 bits per heavy atom. The fourth-order valence-electron chi connectivity index (χ4n) is 6.75. The lowest BCUT2D eigenvalue weighted by molar-refractivity contribution is -0.147. The van der Waals surface area contributed by atoms with Gasteiger partial charge in [0.1, 0.15) is 12.1 Å². The van der Waals surface area contributed by atoms with Crippen LogP contribution in [0.5, 0.6) is 0 Å². The Morgan fingerprint density at radius 3 is 1.72 bits per heavy atom. The van der Waals surface area contributed by atoms with Crippen LogP contribution >= 0.6 is 0 Å². The van der Waals surface area contributed by atoms with E-state index in [9.17, 15) is 14.4 Å². The van der Waals surface area contributed by atoms with Crippen molar-refractivity contribution in [2.45, 2.75) is 44.4 Å². The lowest BCUT2D eigenvalue weighted by Crippen LogP contribution is -2.60. The Bertz CT molecular complexity index is 1320. The number of methoxy groups -OCH3 is 1. The second kappa shape index (κ2) is 12.6. The van der Waals surface area contributed by atoms with E-state index < -0.39 is 17.6 Å². The van der Waals surface area contributed by atoms with Crippen molar-refractivity contribution in [1.82, 2.24) is 19.6 Å². The van der Waals surface area contributed by atoms with Crippen LogP contribution < -0.4 is 0 Å². The molecule has 2 unspecified atom stereocenters. The maximum Gasteiger partial charge on any atom is 0.328 e. The van der Waals surface area contributed by atoms with Crippen molar-refractivity contribution < 1.29 is 19.1 Å². The number of esters is 1. The number of piperazine rings is 1. The molecule has 8 heteroatoms. The highest BCUT2D eigenvalue weighted by Crippen LogP contribution is 2.48. The summed E-state index contributed by atoms with van der Waals surface area (Å²) in [5.41, 5.74) is 2.70. The van der Waals surface area contributed by atoms with E-state index >= 15 is 0 Å². The molecule has 4 atom stereocenters. The van der Waals surface area contributed by atoms with Gasteiger partial charge >= 0.3 is 12.0 Å². The summed E-state index contributed by atoms with van der Waals surface area (Å²) in [5, 5.41) is 0. The maximum atomic E-state index is 14.2. The van der Waals surface area contributed by atoms with Crippen molar-refractivity contribution in [3.05, 3.63) is 108 Å². The first-order valence-corrected chi connectivity index (χ1v) is 15.0. The zero-order chi connectivity index (χ0) is 30.7. The highest BCUT2D eigenvalue weighted by molar-refractivity contribution is 5.87. The molecule has 0 spiro atoms. The molecule has 5 rings (SSSR count). The summed E-state index contributed by atoms with van der Waals surface area (Å²) < 4.78 is 4.96. The number of hydrogen-bond donors (Lipinski definition) is 0. The Balaban J connectivity index is 1.38. The van der Waals surface area contributed by atoms with Crippen molar-refractivity contribution in [3.8, 4) is 0 Å². The smallest absolute Gasteiger partial charge is 0.328 e. The van der Waals surface area contributed by atoms with Gasteiger partial charge in [0.25, 0.3) is 0 Å². The van der Waals surface area contributed by atoms with Gasteiger partial charge in [-0.2, -0.15) is 0 Å². The van der Waals surface area contributed by atoms with Crippen molar-refractivity contribution in [3.63, 3.8) is 0 Å². The van der Waals surface area contributed by atoms with Crippen LogP contribution in [0.1, 0.15) is 37.5 Å². The molecule has 226 valence electrons. The van der Waals surface area contributed by atoms with Crippen molar-refractivity contribution in [2.24, 2.45) is 5.92 Å². The molecule has 3 aromatic carbocycles. The first kappa shape index (κ1) is 30.3. The Hall–Kier alpha value is -4.17. The molecule has 3 amide bonds. The summed E-state index contributed by atoms with van der Waals surface area (Å²) in [4.78, 5) is 47.4. The minimum absolute atomic E-state index is 0.0785. The van der Waals surface area contributed by atoms with Gasteiger partial charge in [-0.15, -0.1) is 0 Å². The zero-order valence-electron chi connectivity index (χ0n) is 25.7. The highest BCUT2D eigenvalue weighted by Gasteiger charge is 2.57. The van der Waals surface area contributed by atoms with Crippen LogP contribution in [0.4, 0.5) is 4.79 Å². The molecule has 0 bridgehead atoms. The van der Waals surface area contributed by atoms with E-state index in [0.29, 0.717) is 26.2 Å². The number of carbonyl (C=O) groups is 3. The van der Waals surface area contributed by atoms with Crippen molar-refractivity contribution in [1.29, 1.82) is 0 Å². The van der Waals surface area contributed by atoms with Gasteiger partial charge in [0.15, 0.2) is 0 Å². The molecule has 0 N–H and O–H groups in total. The van der Waals surface area contributed by atoms with Crippen molar-refractivity contribution in [2.75, 3.05) is 40.3 Å². The molecule has 2 aliphatic heterocycles. The fourth-order valence-corrected chi connectivity index (χ4v) is 6.75. The monoisotopic (exact) mass is 582 g/mol. The average molecular weight is 583 g/mol. The summed E-state index contributed by atoms with van der Waals surface area (Å²) in [6.45, 7) is 7.64. The third-order valence-corrected chi connectivity index (χ3v) is 8.88. The second-order valence-corrected chi connectivity index (χ2v) is 11.9. The average Bonchev–Trinajstić information content (AvgIpc) is 3.83. The number of rotatable bonds is 8. The molecule has 0 radical (unpaired) electrons. The van der Waals surface area contributed by atoms with Gasteiger partial charge in [0.05, 0.1) is 12.6 Å². The van der Waals surface area contributed by atoms with Crippen LogP contribution in [-0.4, -0.2) is 96.0 Å². The topological polar surface area (TPSA) is 73.2 Å². The van der Waals surface area contributed by atoms with Crippen LogP contribution in [0.25, 0.3) is 0 Å². The maximum absolute atomic E-state index is 14.2. The van der Waals surface area contributed by atoms with E-state index in [1.807, 2.05) is 43.9 Å². The number of hydrogen-bond acceptors (Lipinski definition) is 5. The standard InChI is InChI=1S/C35H42N4O4/c1-25(2)31(33(41)43-5)36(4)34(42)37-21-22-38(26(3)23-37)32(40)30-24-39(30)35(27-15-9-6-10-16-27,28-17-11-7-12-18-28)29-19-13-8-14-20-29/h6-20,25-26,30-31H,21-24H2,1-5H3/t26-,30?,31+,39?/m1/s1. The summed E-state index contributed by atoms with van der Waals surface area (Å²) in [5.74, 6) is -0.448. The third kappa shape index (κ3) is 5.64. The summed E-state index contributed by atoms with van der Waals surface area (Å²) in [6.07, 6.45) is 0. The van der Waals surface area contributed by atoms with E-state index in [1.165, 1.54) is 12.0 Å². The van der Waals surface area contributed by atoms with Gasteiger partial charge in [0, 0.05) is 39.3 Å². The van der Waals surface area contributed by atoms with Crippen LogP contribution in [0.3, 0.4) is 0 Å². The summed E-state index contributed by atoms with van der Waals surface area (Å²) in [6, 6.07) is 29.8. The van der Waals surface area contributed by atoms with Crippen molar-refractivity contribution >= 4 is 17.9 Å². The predicted octanol–water partition coefficient (Wildman–Crippen LogP) is 4.44. The summed E-state index contributed by atoms with van der Waals surface area (Å²) >= 11 is 0. The minimum atomic E-state index is -0.672. The van der Waals surface area contributed by atoms with Gasteiger partial charge in [0.2, 0.25) is 5.91 Å². The molecule has 43 heavy (non-hydrogen) atoms. The van der Waals surface area contributed by atoms with Gasteiger partial charge < -0.3 is 19.4 Å². The first-order chi connectivity index (χ1) is 20.7. The first-order valence-electron chi connectivity index (χ1n) is 15.0. The normalized spacial score (nSPS) is 20.8. The molecule has 0 saturated carbocycles. The molecule has 0 aliphatic carbocycles. The molecule has 2 aliphatic rings. The Labute approximate surface area is 254 Å². The van der Waals surface area contributed by atoms with E-state index in [2.05, 4.69) is 77.7 Å². The number of benzene rings is 3. The largest absolute Gasteiger partial charge is 0.467 e. The minimum Gasteiger partial charge on any atom is -0.467 e. The highest BCUT2D eigenvalue weighted by atomic mass is 16.5. The molecule has 8 nitrogen and oxygen atoms in total. The van der Waals surface area contributed by atoms with E-state index in [4.69, 9.17) is 4.74 Å². The van der Waals surface area contributed by atoms with Crippen LogP contribution in [0, 0.1) is 5.92 Å². The lowest BCUT2D eigenvalue weighted by atomic mass is 9.76. The number of nitrogens with zero attached hydrogens (tertiary/aromatic N) is 4. The molecule has 0 aromatic heterocycles. The predicted molar refractivity (Wildman–Crippen MR) is 166 cm³/mol. The SMILES string of the molecule is COC(=O)[C@H](C(C)C)N(C)C(=O)N1CCN(C(=O)C2CN2C(c2ccccc2)(c2ccccc2)c2ccccc2)[C@H](C)C1. The lowest BCUT2D eigenvalue weighted by Gasteiger charge is -2.43. The molecular weight excluding hydrogens is 540 g/mol. The Morgan fingerprint density at radius 1 is 0.814 bits per heavy atom. The number of urea groups is 1. The second-order valence-electron chi connectivity index (χ2n) is 11.9. The molecule has 2 saturated heterocycles. The molecule has 3 aromatic rings. The van der Waals surface area contributed by atoms with Crippen LogP contribution in [0.15, 0.2) is 91.0 Å². The third-order valence-electron chi connectivity index (χ3n) is 8.88. The quantitative estimate of drug-likeness (QED) is 0.223. The number of ether oxygens (including phenoxy) is 1. The van der Waals surface area contributed by atoms with E-state index in [0.717, 1.165) is 16.7 Å². The molecular formula is C35H42N4O4. The molecule has 2 fully saturated rings. The summed E-state index contributed by atoms with van der Waals surface area (Å²) in [7, 11) is 2.98.